The first-order chi connectivity index (χ1) is 11.5. The zero-order valence-electron chi connectivity index (χ0n) is 12.5. The normalized spacial score (nSPS) is 32.8. The van der Waals surface area contributed by atoms with Crippen LogP contribution in [0.5, 0.6) is 0 Å². The van der Waals surface area contributed by atoms with Crippen molar-refractivity contribution in [2.24, 2.45) is 0 Å². The molecule has 5 N–H and O–H groups in total. The molecule has 4 rings (SSSR count). The number of rotatable bonds is 2. The Bertz CT molecular complexity index is 834. The molecule has 0 spiro atoms. The lowest BCUT2D eigenvalue weighted by molar-refractivity contribution is -0.0511. The maximum Gasteiger partial charge on any atom is 0.285 e. The molecule has 2 aliphatic rings. The number of aromatic nitrogens is 4. The molecule has 2 aliphatic heterocycles. The first kappa shape index (κ1) is 15.5. The van der Waals surface area contributed by atoms with Crippen LogP contribution in [0, 0.1) is 0 Å². The second-order valence-corrected chi connectivity index (χ2v) is 5.86. The number of nitrogens with zero attached hydrogens (tertiary/aromatic N) is 4. The molecule has 2 aromatic rings. The highest BCUT2D eigenvalue weighted by Gasteiger charge is 2.44. The lowest BCUT2D eigenvalue weighted by Gasteiger charge is -2.24. The molecule has 1 unspecified atom stereocenters. The summed E-state index contributed by atoms with van der Waals surface area (Å²) in [5.74, 6) is 0.194. The molecule has 11 nitrogen and oxygen atoms in total. The lowest BCUT2D eigenvalue weighted by Crippen LogP contribution is -2.34. The minimum Gasteiger partial charge on any atom is -0.394 e. The predicted octanol–water partition coefficient (Wildman–Crippen LogP) is -2.49. The van der Waals surface area contributed by atoms with E-state index in [1.165, 1.54) is 10.9 Å². The average molecular weight is 339 g/mol. The number of aliphatic hydroxyl groups excluding tert-OH is 4. The van der Waals surface area contributed by atoms with Gasteiger partial charge in [-0.05, 0) is 0 Å². The molecule has 2 aromatic heterocycles. The number of nitrogens with one attached hydrogen (secondary N) is 1. The van der Waals surface area contributed by atoms with Gasteiger partial charge in [-0.3, -0.25) is 9.36 Å². The van der Waals surface area contributed by atoms with Gasteiger partial charge in [0.05, 0.1) is 12.9 Å². The smallest absolute Gasteiger partial charge is 0.285 e. The van der Waals surface area contributed by atoms with Crippen molar-refractivity contribution in [1.82, 2.24) is 19.1 Å². The van der Waals surface area contributed by atoms with Crippen LogP contribution < -0.4 is 10.9 Å². The van der Waals surface area contributed by atoms with Crippen molar-refractivity contribution in [3.05, 3.63) is 16.7 Å². The van der Waals surface area contributed by atoms with E-state index in [9.17, 15) is 25.2 Å². The SMILES string of the molecule is O=c1c2ncn([C@@H]3O[C@H](CO)[C@@H](O)[C@H]3O)c2nc2n1C(O)CCN2. The standard InChI is InChI=1S/C13H17N5O6/c19-3-5-8(21)9(22)12(24-5)17-4-15-7-10(17)16-13-14-2-1-6(20)18(13)11(7)23/h4-6,8-9,12,19-22H,1-3H2,(H,14,16)/t5-,6?,8-,9-,12-/m1/s1. The highest BCUT2D eigenvalue weighted by molar-refractivity contribution is 5.71. The van der Waals surface area contributed by atoms with Gasteiger partial charge < -0.3 is 30.5 Å². The Hall–Kier alpha value is -2.05. The van der Waals surface area contributed by atoms with Gasteiger partial charge in [-0.2, -0.15) is 4.98 Å². The number of aliphatic hydroxyl groups is 4. The average Bonchev–Trinajstić information content (AvgIpc) is 3.10. The highest BCUT2D eigenvalue weighted by atomic mass is 16.6. The van der Waals surface area contributed by atoms with Crippen molar-refractivity contribution in [3.8, 4) is 0 Å². The van der Waals surface area contributed by atoms with Crippen LogP contribution in [-0.4, -0.2) is 71.0 Å². The van der Waals surface area contributed by atoms with Gasteiger partial charge in [-0.1, -0.05) is 0 Å². The highest BCUT2D eigenvalue weighted by Crippen LogP contribution is 2.31. The minimum absolute atomic E-state index is 0.0132. The van der Waals surface area contributed by atoms with Crippen LogP contribution >= 0.6 is 0 Å². The quantitative estimate of drug-likeness (QED) is 0.399. The van der Waals surface area contributed by atoms with Crippen LogP contribution in [-0.2, 0) is 4.74 Å². The second kappa shape index (κ2) is 5.50. The summed E-state index contributed by atoms with van der Waals surface area (Å²) < 4.78 is 7.91. The zero-order valence-corrected chi connectivity index (χ0v) is 12.5. The van der Waals surface area contributed by atoms with Gasteiger partial charge in [0.2, 0.25) is 5.95 Å². The molecular formula is C13H17N5O6. The van der Waals surface area contributed by atoms with E-state index >= 15 is 0 Å². The van der Waals surface area contributed by atoms with E-state index in [0.717, 1.165) is 4.57 Å². The minimum atomic E-state index is -1.31. The van der Waals surface area contributed by atoms with Crippen LogP contribution in [0.25, 0.3) is 11.2 Å². The Labute approximate surface area is 134 Å². The third-order valence-electron chi connectivity index (χ3n) is 4.40. The summed E-state index contributed by atoms with van der Waals surface area (Å²) in [5.41, 5.74) is -0.345. The summed E-state index contributed by atoms with van der Waals surface area (Å²) in [4.78, 5) is 20.8. The molecule has 0 amide bonds. The van der Waals surface area contributed by atoms with Crippen LogP contribution in [0.1, 0.15) is 18.9 Å². The van der Waals surface area contributed by atoms with Crippen LogP contribution in [0.4, 0.5) is 5.95 Å². The lowest BCUT2D eigenvalue weighted by atomic mass is 10.1. The van der Waals surface area contributed by atoms with Gasteiger partial charge in [0.25, 0.3) is 5.56 Å². The summed E-state index contributed by atoms with van der Waals surface area (Å²) in [6, 6.07) is 0. The number of ether oxygens (including phenoxy) is 1. The van der Waals surface area contributed by atoms with Gasteiger partial charge in [0.1, 0.15) is 24.5 Å². The molecular weight excluding hydrogens is 322 g/mol. The monoisotopic (exact) mass is 339 g/mol. The summed E-state index contributed by atoms with van der Waals surface area (Å²) in [6.07, 6.45) is -3.89. The molecule has 4 heterocycles. The molecule has 24 heavy (non-hydrogen) atoms. The maximum atomic E-state index is 12.5. The van der Waals surface area contributed by atoms with Crippen LogP contribution in [0.15, 0.2) is 11.1 Å². The fraction of sp³-hybridized carbons (Fsp3) is 0.615. The van der Waals surface area contributed by atoms with E-state index in [1.807, 2.05) is 0 Å². The van der Waals surface area contributed by atoms with Gasteiger partial charge in [-0.15, -0.1) is 0 Å². The molecule has 5 atom stereocenters. The summed E-state index contributed by atoms with van der Waals surface area (Å²) >= 11 is 0. The first-order valence-corrected chi connectivity index (χ1v) is 7.56. The third kappa shape index (κ3) is 2.06. The van der Waals surface area contributed by atoms with Gasteiger partial charge in [-0.25, -0.2) is 9.55 Å². The Morgan fingerprint density at radius 2 is 2.12 bits per heavy atom. The Morgan fingerprint density at radius 1 is 1.33 bits per heavy atom. The molecule has 0 bridgehead atoms. The van der Waals surface area contributed by atoms with Crippen molar-refractivity contribution < 1.29 is 25.2 Å². The van der Waals surface area contributed by atoms with E-state index in [0.29, 0.717) is 13.0 Å². The molecule has 0 aliphatic carbocycles. The Morgan fingerprint density at radius 3 is 2.83 bits per heavy atom. The first-order valence-electron chi connectivity index (χ1n) is 7.56. The second-order valence-electron chi connectivity index (χ2n) is 5.86. The van der Waals surface area contributed by atoms with Gasteiger partial charge in [0.15, 0.2) is 17.4 Å². The van der Waals surface area contributed by atoms with E-state index in [1.54, 1.807) is 0 Å². The van der Waals surface area contributed by atoms with E-state index in [-0.39, 0.29) is 17.1 Å². The summed E-state index contributed by atoms with van der Waals surface area (Å²) in [7, 11) is 0. The maximum absolute atomic E-state index is 12.5. The molecule has 11 heteroatoms. The number of hydrogen-bond donors (Lipinski definition) is 5. The summed E-state index contributed by atoms with van der Waals surface area (Å²) in [5, 5.41) is 42.1. The molecule has 1 saturated heterocycles. The van der Waals surface area contributed by atoms with Crippen molar-refractivity contribution in [2.75, 3.05) is 18.5 Å². The fourth-order valence-corrected chi connectivity index (χ4v) is 3.12. The van der Waals surface area contributed by atoms with E-state index < -0.39 is 42.9 Å². The van der Waals surface area contributed by atoms with E-state index in [2.05, 4.69) is 15.3 Å². The molecule has 130 valence electrons. The van der Waals surface area contributed by atoms with E-state index in [4.69, 9.17) is 4.74 Å². The van der Waals surface area contributed by atoms with Crippen molar-refractivity contribution in [1.29, 1.82) is 0 Å². The molecule has 0 radical (unpaired) electrons. The molecule has 1 fully saturated rings. The number of imidazole rings is 1. The van der Waals surface area contributed by atoms with Gasteiger partial charge in [0, 0.05) is 13.0 Å². The largest absolute Gasteiger partial charge is 0.394 e. The van der Waals surface area contributed by atoms with Crippen LogP contribution in [0.2, 0.25) is 0 Å². The number of hydrogen-bond acceptors (Lipinski definition) is 9. The predicted molar refractivity (Wildman–Crippen MR) is 79.2 cm³/mol. The summed E-state index contributed by atoms with van der Waals surface area (Å²) in [6.45, 7) is 0.00168. The van der Waals surface area contributed by atoms with Crippen molar-refractivity contribution in [3.63, 3.8) is 0 Å². The molecule has 0 aromatic carbocycles. The van der Waals surface area contributed by atoms with Crippen LogP contribution in [0.3, 0.4) is 0 Å². The number of anilines is 1. The van der Waals surface area contributed by atoms with Gasteiger partial charge >= 0.3 is 0 Å². The Kier molecular flexibility index (Phi) is 3.54. The number of fused-ring (bicyclic) bond motifs is 2. The third-order valence-corrected chi connectivity index (χ3v) is 4.40. The topological polar surface area (TPSA) is 155 Å². The Balaban J connectivity index is 1.84. The zero-order chi connectivity index (χ0) is 17.0. The van der Waals surface area contributed by atoms with Crippen molar-refractivity contribution in [2.45, 2.75) is 37.2 Å². The molecule has 0 saturated carbocycles. The van der Waals surface area contributed by atoms with Crippen molar-refractivity contribution >= 4 is 17.1 Å². The fourth-order valence-electron chi connectivity index (χ4n) is 3.12.